The fourth-order valence-corrected chi connectivity index (χ4v) is 2.52. The molecule has 4 heteroatoms. The summed E-state index contributed by atoms with van der Waals surface area (Å²) in [5, 5.41) is 4.74. The van der Waals surface area contributed by atoms with E-state index in [-0.39, 0.29) is 11.3 Å². The summed E-state index contributed by atoms with van der Waals surface area (Å²) in [5.74, 6) is 0.796. The van der Waals surface area contributed by atoms with Gasteiger partial charge in [-0.25, -0.2) is 0 Å². The van der Waals surface area contributed by atoms with Crippen molar-refractivity contribution < 1.29 is 9.53 Å². The van der Waals surface area contributed by atoms with Gasteiger partial charge in [0.1, 0.15) is 12.4 Å². The molecule has 1 aromatic carbocycles. The topological polar surface area (TPSA) is 38.3 Å². The summed E-state index contributed by atoms with van der Waals surface area (Å²) in [7, 11) is 0. The van der Waals surface area contributed by atoms with Gasteiger partial charge in [-0.15, -0.1) is 11.3 Å². The second kappa shape index (κ2) is 6.76. The van der Waals surface area contributed by atoms with Crippen LogP contribution in [0.1, 0.15) is 36.0 Å². The Balaban J connectivity index is 1.80. The Morgan fingerprint density at radius 3 is 2.71 bits per heavy atom. The Morgan fingerprint density at radius 2 is 2.05 bits per heavy atom. The molecule has 2 rings (SSSR count). The summed E-state index contributed by atoms with van der Waals surface area (Å²) in [5.41, 5.74) is 1.34. The van der Waals surface area contributed by atoms with Gasteiger partial charge in [-0.05, 0) is 34.6 Å². The van der Waals surface area contributed by atoms with Gasteiger partial charge >= 0.3 is 0 Å². The normalized spacial score (nSPS) is 11.2. The van der Waals surface area contributed by atoms with Crippen LogP contribution in [0.25, 0.3) is 0 Å². The van der Waals surface area contributed by atoms with Crippen LogP contribution >= 0.6 is 11.3 Å². The van der Waals surface area contributed by atoms with E-state index >= 15 is 0 Å². The minimum atomic E-state index is -0.0444. The lowest BCUT2D eigenvalue weighted by molar-refractivity contribution is 0.0951. The molecule has 0 unspecified atom stereocenters. The van der Waals surface area contributed by atoms with Crippen LogP contribution in [0.5, 0.6) is 5.75 Å². The van der Waals surface area contributed by atoms with Crippen LogP contribution in [0.4, 0.5) is 0 Å². The van der Waals surface area contributed by atoms with Gasteiger partial charge in [-0.3, -0.25) is 4.79 Å². The number of carbonyl (C=O) groups excluding carboxylic acids is 1. The number of ether oxygens (including phenoxy) is 1. The van der Waals surface area contributed by atoms with Crippen molar-refractivity contribution in [2.45, 2.75) is 26.2 Å². The lowest BCUT2D eigenvalue weighted by Crippen LogP contribution is -2.27. The van der Waals surface area contributed by atoms with Gasteiger partial charge in [0.05, 0.1) is 11.4 Å². The number of hydrogen-bond acceptors (Lipinski definition) is 3. The Bertz CT molecular complexity index is 585. The molecule has 0 saturated heterocycles. The monoisotopic (exact) mass is 303 g/mol. The van der Waals surface area contributed by atoms with E-state index in [1.165, 1.54) is 16.9 Å². The smallest absolute Gasteiger partial charge is 0.261 e. The largest absolute Gasteiger partial charge is 0.492 e. The highest BCUT2D eigenvalue weighted by molar-refractivity contribution is 7.12. The van der Waals surface area contributed by atoms with Crippen LogP contribution in [0.2, 0.25) is 0 Å². The number of nitrogens with one attached hydrogen (secondary N) is 1. The van der Waals surface area contributed by atoms with Crippen LogP contribution in [0.15, 0.2) is 41.8 Å². The molecular weight excluding hydrogens is 282 g/mol. The van der Waals surface area contributed by atoms with Gasteiger partial charge in [0.2, 0.25) is 0 Å². The third-order valence-corrected chi connectivity index (χ3v) is 3.97. The van der Waals surface area contributed by atoms with Crippen molar-refractivity contribution in [3.8, 4) is 5.75 Å². The van der Waals surface area contributed by atoms with Crippen molar-refractivity contribution in [3.63, 3.8) is 0 Å². The van der Waals surface area contributed by atoms with E-state index in [4.69, 9.17) is 4.74 Å². The van der Waals surface area contributed by atoms with E-state index in [2.05, 4.69) is 38.2 Å². The maximum atomic E-state index is 11.7. The molecule has 0 aliphatic carbocycles. The van der Waals surface area contributed by atoms with Crippen LogP contribution in [0, 0.1) is 0 Å². The van der Waals surface area contributed by atoms with Crippen LogP contribution < -0.4 is 10.1 Å². The molecule has 0 atom stereocenters. The average Bonchev–Trinajstić information content (AvgIpc) is 2.97. The Labute approximate surface area is 130 Å². The van der Waals surface area contributed by atoms with E-state index in [9.17, 15) is 4.79 Å². The number of benzene rings is 1. The predicted octanol–water partition coefficient (Wildman–Crippen LogP) is 3.85. The van der Waals surface area contributed by atoms with Gasteiger partial charge in [0.15, 0.2) is 0 Å². The second-order valence-corrected chi connectivity index (χ2v) is 6.81. The molecular formula is C17H21NO2S. The van der Waals surface area contributed by atoms with E-state index in [0.717, 1.165) is 10.6 Å². The minimum Gasteiger partial charge on any atom is -0.492 e. The molecule has 0 bridgehead atoms. The van der Waals surface area contributed by atoms with Crippen LogP contribution in [-0.4, -0.2) is 19.1 Å². The molecule has 1 aromatic heterocycles. The zero-order valence-corrected chi connectivity index (χ0v) is 13.5. The van der Waals surface area contributed by atoms with Crippen molar-refractivity contribution in [2.75, 3.05) is 13.2 Å². The predicted molar refractivity (Wildman–Crippen MR) is 87.3 cm³/mol. The van der Waals surface area contributed by atoms with E-state index in [1.807, 2.05) is 29.6 Å². The SMILES string of the molecule is CC(C)(C)c1cccc(OCCNC(=O)c2cccs2)c1. The molecule has 0 radical (unpaired) electrons. The summed E-state index contributed by atoms with van der Waals surface area (Å²) in [6.45, 7) is 7.48. The molecule has 1 heterocycles. The quantitative estimate of drug-likeness (QED) is 0.852. The van der Waals surface area contributed by atoms with Gasteiger partial charge < -0.3 is 10.1 Å². The first-order chi connectivity index (χ1) is 9.97. The maximum Gasteiger partial charge on any atom is 0.261 e. The lowest BCUT2D eigenvalue weighted by atomic mass is 9.87. The molecule has 0 fully saturated rings. The van der Waals surface area contributed by atoms with Gasteiger partial charge in [0, 0.05) is 0 Å². The first-order valence-corrected chi connectivity index (χ1v) is 7.90. The minimum absolute atomic E-state index is 0.0444. The van der Waals surface area contributed by atoms with Gasteiger partial charge in [-0.1, -0.05) is 39.0 Å². The average molecular weight is 303 g/mol. The lowest BCUT2D eigenvalue weighted by Gasteiger charge is -2.19. The third-order valence-electron chi connectivity index (χ3n) is 3.10. The summed E-state index contributed by atoms with van der Waals surface area (Å²) in [6.07, 6.45) is 0. The van der Waals surface area contributed by atoms with Crippen molar-refractivity contribution in [3.05, 3.63) is 52.2 Å². The Morgan fingerprint density at radius 1 is 1.24 bits per heavy atom. The zero-order chi connectivity index (χ0) is 15.3. The van der Waals surface area contributed by atoms with E-state index < -0.39 is 0 Å². The third kappa shape index (κ3) is 4.60. The highest BCUT2D eigenvalue weighted by Crippen LogP contribution is 2.25. The van der Waals surface area contributed by atoms with Crippen molar-refractivity contribution in [1.82, 2.24) is 5.32 Å². The number of thiophene rings is 1. The van der Waals surface area contributed by atoms with Crippen molar-refractivity contribution in [1.29, 1.82) is 0 Å². The highest BCUT2D eigenvalue weighted by Gasteiger charge is 2.13. The maximum absolute atomic E-state index is 11.7. The van der Waals surface area contributed by atoms with E-state index in [0.29, 0.717) is 13.2 Å². The number of carbonyl (C=O) groups is 1. The summed E-state index contributed by atoms with van der Waals surface area (Å²) >= 11 is 1.44. The number of hydrogen-bond donors (Lipinski definition) is 1. The molecule has 0 saturated carbocycles. The molecule has 1 N–H and O–H groups in total. The highest BCUT2D eigenvalue weighted by atomic mass is 32.1. The summed E-state index contributed by atoms with van der Waals surface area (Å²) in [4.78, 5) is 12.5. The number of rotatable bonds is 5. The van der Waals surface area contributed by atoms with Crippen LogP contribution in [0.3, 0.4) is 0 Å². The molecule has 112 valence electrons. The van der Waals surface area contributed by atoms with Gasteiger partial charge in [0.25, 0.3) is 5.91 Å². The fraction of sp³-hybridized carbons (Fsp3) is 0.353. The molecule has 3 nitrogen and oxygen atoms in total. The standard InChI is InChI=1S/C17H21NO2S/c1-17(2,3)13-6-4-7-14(12-13)20-10-9-18-16(19)15-8-5-11-21-15/h4-8,11-12H,9-10H2,1-3H3,(H,18,19). The van der Waals surface area contributed by atoms with E-state index in [1.54, 1.807) is 0 Å². The first kappa shape index (κ1) is 15.6. The Hall–Kier alpha value is -1.81. The van der Waals surface area contributed by atoms with Crippen molar-refractivity contribution >= 4 is 17.2 Å². The zero-order valence-electron chi connectivity index (χ0n) is 12.7. The number of amides is 1. The summed E-state index contributed by atoms with van der Waals surface area (Å²) in [6, 6.07) is 11.8. The fourth-order valence-electron chi connectivity index (χ4n) is 1.88. The summed E-state index contributed by atoms with van der Waals surface area (Å²) < 4.78 is 5.70. The molecule has 0 aliphatic heterocycles. The van der Waals surface area contributed by atoms with Crippen LogP contribution in [-0.2, 0) is 5.41 Å². The first-order valence-electron chi connectivity index (χ1n) is 7.02. The van der Waals surface area contributed by atoms with Crippen molar-refractivity contribution in [2.24, 2.45) is 0 Å². The molecule has 2 aromatic rings. The second-order valence-electron chi connectivity index (χ2n) is 5.86. The molecule has 0 aliphatic rings. The molecule has 1 amide bonds. The molecule has 0 spiro atoms. The molecule has 21 heavy (non-hydrogen) atoms. The van der Waals surface area contributed by atoms with Gasteiger partial charge in [-0.2, -0.15) is 0 Å². The Kier molecular flexibility index (Phi) is 5.02.